The second-order valence-electron chi connectivity index (χ2n) is 3.49. The Labute approximate surface area is 76.0 Å². The van der Waals surface area contributed by atoms with Gasteiger partial charge in [-0.2, -0.15) is 0 Å². The Morgan fingerprint density at radius 1 is 1.46 bits per heavy atom. The average Bonchev–Trinajstić information content (AvgIpc) is 1.98. The van der Waals surface area contributed by atoms with Crippen molar-refractivity contribution >= 4 is 11.9 Å². The number of hydrogen-bond acceptors (Lipinski definition) is 5. The van der Waals surface area contributed by atoms with Crippen LogP contribution in [0.5, 0.6) is 0 Å². The molecular formula is C7H14N2O4. The van der Waals surface area contributed by atoms with E-state index in [0.29, 0.717) is 0 Å². The van der Waals surface area contributed by atoms with Crippen molar-refractivity contribution in [3.8, 4) is 0 Å². The maximum absolute atomic E-state index is 11.0. The highest BCUT2D eigenvalue weighted by molar-refractivity contribution is 6.01. The van der Waals surface area contributed by atoms with Crippen LogP contribution in [0.25, 0.3) is 0 Å². The third kappa shape index (κ3) is 4.44. The molecule has 0 fully saturated rings. The van der Waals surface area contributed by atoms with Gasteiger partial charge >= 0.3 is 5.97 Å². The molecule has 0 saturated carbocycles. The minimum atomic E-state index is -1.50. The van der Waals surface area contributed by atoms with E-state index in [0.717, 1.165) is 0 Å². The summed E-state index contributed by atoms with van der Waals surface area (Å²) in [6.45, 7) is 4.94. The highest BCUT2D eigenvalue weighted by Crippen LogP contribution is 2.07. The molecule has 4 N–H and O–H groups in total. The Kier molecular flexibility index (Phi) is 3.83. The molecule has 0 spiro atoms. The van der Waals surface area contributed by atoms with E-state index < -0.39 is 23.5 Å². The van der Waals surface area contributed by atoms with E-state index in [1.54, 1.807) is 20.8 Å². The van der Waals surface area contributed by atoms with Crippen molar-refractivity contribution in [2.45, 2.75) is 32.4 Å². The molecular weight excluding hydrogens is 176 g/mol. The molecule has 1 atom stereocenters. The molecule has 0 aromatic carbocycles. The predicted octanol–water partition coefficient (Wildman–Crippen LogP) is -0.839. The zero-order valence-electron chi connectivity index (χ0n) is 7.83. The third-order valence-electron chi connectivity index (χ3n) is 1.05. The number of hydrogen-bond donors (Lipinski definition) is 3. The lowest BCUT2D eigenvalue weighted by atomic mass is 10.2. The number of nitrogens with two attached hydrogens (primary N) is 1. The fourth-order valence-electron chi connectivity index (χ4n) is 0.542. The topological polar surface area (TPSA) is 102 Å². The van der Waals surface area contributed by atoms with Crippen LogP contribution >= 0.6 is 0 Å². The van der Waals surface area contributed by atoms with E-state index in [2.05, 4.69) is 0 Å². The Bertz CT molecular complexity index is 209. The lowest BCUT2D eigenvalue weighted by molar-refractivity contribution is -0.159. The molecule has 6 nitrogen and oxygen atoms in total. The summed E-state index contributed by atoms with van der Waals surface area (Å²) in [5.41, 5.74) is 5.69. The van der Waals surface area contributed by atoms with Gasteiger partial charge in [-0.25, -0.2) is 10.3 Å². The van der Waals surface area contributed by atoms with Gasteiger partial charge in [0.1, 0.15) is 5.60 Å². The van der Waals surface area contributed by atoms with Crippen LogP contribution in [0.2, 0.25) is 0 Å². The van der Waals surface area contributed by atoms with Gasteiger partial charge in [-0.15, -0.1) is 0 Å². The van der Waals surface area contributed by atoms with Gasteiger partial charge in [0.25, 0.3) is 5.91 Å². The maximum Gasteiger partial charge on any atom is 0.333 e. The van der Waals surface area contributed by atoms with Crippen LogP contribution < -0.4 is 11.2 Å². The van der Waals surface area contributed by atoms with Crippen LogP contribution in [0, 0.1) is 0 Å². The van der Waals surface area contributed by atoms with Crippen LogP contribution in [0.15, 0.2) is 0 Å². The van der Waals surface area contributed by atoms with Crippen LogP contribution in [-0.2, 0) is 14.3 Å². The van der Waals surface area contributed by atoms with E-state index in [1.807, 2.05) is 0 Å². The van der Waals surface area contributed by atoms with Gasteiger partial charge in [0.05, 0.1) is 0 Å². The number of rotatable bonds is 2. The first kappa shape index (κ1) is 11.9. The van der Waals surface area contributed by atoms with Gasteiger partial charge in [-0.3, -0.25) is 10.0 Å². The Hall–Kier alpha value is -1.14. The maximum atomic E-state index is 11.0. The predicted molar refractivity (Wildman–Crippen MR) is 43.7 cm³/mol. The normalized spacial score (nSPS) is 13.3. The number of esters is 1. The molecule has 6 heteroatoms. The van der Waals surface area contributed by atoms with Crippen molar-refractivity contribution in [2.75, 3.05) is 0 Å². The van der Waals surface area contributed by atoms with Crippen LogP contribution in [0.3, 0.4) is 0 Å². The zero-order chi connectivity index (χ0) is 10.6. The summed E-state index contributed by atoms with van der Waals surface area (Å²) in [4.78, 5) is 21.7. The van der Waals surface area contributed by atoms with Crippen molar-refractivity contribution in [2.24, 2.45) is 5.73 Å². The van der Waals surface area contributed by atoms with Gasteiger partial charge in [0, 0.05) is 0 Å². The lowest BCUT2D eigenvalue weighted by Gasteiger charge is -2.21. The first-order chi connectivity index (χ1) is 5.78. The van der Waals surface area contributed by atoms with Crippen molar-refractivity contribution in [3.05, 3.63) is 0 Å². The van der Waals surface area contributed by atoms with Crippen LogP contribution in [-0.4, -0.2) is 28.7 Å². The standard InChI is InChI=1S/C7H14N2O4/c1-7(2,3)13-6(11)4(8)5(10)9-12/h4,12H,8H2,1-3H3,(H,9,10). The summed E-state index contributed by atoms with van der Waals surface area (Å²) in [7, 11) is 0. The summed E-state index contributed by atoms with van der Waals surface area (Å²) >= 11 is 0. The van der Waals surface area contributed by atoms with Gasteiger partial charge in [-0.1, -0.05) is 0 Å². The average molecular weight is 190 g/mol. The summed E-state index contributed by atoms with van der Waals surface area (Å²) in [6, 6.07) is -1.50. The van der Waals surface area contributed by atoms with E-state index in [1.165, 1.54) is 5.48 Å². The van der Waals surface area contributed by atoms with E-state index in [-0.39, 0.29) is 0 Å². The number of amides is 1. The highest BCUT2D eigenvalue weighted by atomic mass is 16.6. The molecule has 0 aliphatic carbocycles. The van der Waals surface area contributed by atoms with Crippen molar-refractivity contribution in [1.82, 2.24) is 5.48 Å². The monoisotopic (exact) mass is 190 g/mol. The summed E-state index contributed by atoms with van der Waals surface area (Å²) in [5, 5.41) is 8.17. The largest absolute Gasteiger partial charge is 0.458 e. The first-order valence-electron chi connectivity index (χ1n) is 3.70. The molecule has 0 aliphatic rings. The number of nitrogens with one attached hydrogen (secondary N) is 1. The van der Waals surface area contributed by atoms with E-state index in [4.69, 9.17) is 15.7 Å². The van der Waals surface area contributed by atoms with Crippen molar-refractivity contribution in [1.29, 1.82) is 0 Å². The summed E-state index contributed by atoms with van der Waals surface area (Å²) < 4.78 is 4.79. The molecule has 0 bridgehead atoms. The fraction of sp³-hybridized carbons (Fsp3) is 0.714. The lowest BCUT2D eigenvalue weighted by Crippen LogP contribution is -2.47. The number of carbonyl (C=O) groups excluding carboxylic acids is 2. The van der Waals surface area contributed by atoms with Crippen LogP contribution in [0.1, 0.15) is 20.8 Å². The van der Waals surface area contributed by atoms with Crippen molar-refractivity contribution < 1.29 is 19.5 Å². The molecule has 0 aliphatic heterocycles. The van der Waals surface area contributed by atoms with Crippen LogP contribution in [0.4, 0.5) is 0 Å². The minimum absolute atomic E-state index is 0.704. The second-order valence-corrected chi connectivity index (χ2v) is 3.49. The molecule has 76 valence electrons. The summed E-state index contributed by atoms with van der Waals surface area (Å²) in [6.07, 6.45) is 0. The molecule has 1 unspecified atom stereocenters. The molecule has 0 heterocycles. The molecule has 0 aromatic rings. The number of ether oxygens (including phenoxy) is 1. The number of carbonyl (C=O) groups is 2. The zero-order valence-corrected chi connectivity index (χ0v) is 7.83. The van der Waals surface area contributed by atoms with Gasteiger partial charge in [-0.05, 0) is 20.8 Å². The molecule has 13 heavy (non-hydrogen) atoms. The SMILES string of the molecule is CC(C)(C)OC(=O)C(N)C(=O)NO. The second kappa shape index (κ2) is 4.20. The molecule has 0 saturated heterocycles. The highest BCUT2D eigenvalue weighted by Gasteiger charge is 2.27. The third-order valence-corrected chi connectivity index (χ3v) is 1.05. The smallest absolute Gasteiger partial charge is 0.333 e. The molecule has 0 rings (SSSR count). The fourth-order valence-corrected chi connectivity index (χ4v) is 0.542. The minimum Gasteiger partial charge on any atom is -0.458 e. The Morgan fingerprint density at radius 2 is 1.92 bits per heavy atom. The molecule has 0 aromatic heterocycles. The van der Waals surface area contributed by atoms with Gasteiger partial charge in [0.15, 0.2) is 6.04 Å². The molecule has 0 radical (unpaired) electrons. The first-order valence-corrected chi connectivity index (χ1v) is 3.70. The molecule has 1 amide bonds. The Balaban J connectivity index is 4.20. The summed E-state index contributed by atoms with van der Waals surface area (Å²) in [5.74, 6) is -1.87. The Morgan fingerprint density at radius 3 is 2.23 bits per heavy atom. The van der Waals surface area contributed by atoms with Gasteiger partial charge in [0.2, 0.25) is 0 Å². The van der Waals surface area contributed by atoms with Gasteiger partial charge < -0.3 is 10.5 Å². The quantitative estimate of drug-likeness (QED) is 0.228. The van der Waals surface area contributed by atoms with E-state index in [9.17, 15) is 9.59 Å². The van der Waals surface area contributed by atoms with Crippen molar-refractivity contribution in [3.63, 3.8) is 0 Å². The number of hydroxylamine groups is 1. The van der Waals surface area contributed by atoms with E-state index >= 15 is 0 Å².